The first-order valence-electron chi connectivity index (χ1n) is 6.98. The van der Waals surface area contributed by atoms with E-state index in [1.165, 1.54) is 0 Å². The first-order valence-corrected chi connectivity index (χ1v) is 6.98. The molecule has 0 atom stereocenters. The van der Waals surface area contributed by atoms with Crippen LogP contribution in [0.1, 0.15) is 25.0 Å². The first-order chi connectivity index (χ1) is 9.96. The van der Waals surface area contributed by atoms with Crippen LogP contribution in [0.2, 0.25) is 0 Å². The molecule has 21 heavy (non-hydrogen) atoms. The standard InChI is InChI=1S/C16H23N3O2/c1-12(2)9-18-16(20)11-19(3)10-13-5-6-15(21-4)14(7-13)8-17/h5-7,12H,9-11H2,1-4H3,(H,18,20). The van der Waals surface area contributed by atoms with Crippen molar-refractivity contribution in [1.29, 1.82) is 5.26 Å². The van der Waals surface area contributed by atoms with Crippen molar-refractivity contribution < 1.29 is 9.53 Å². The Balaban J connectivity index is 2.57. The second-order valence-corrected chi connectivity index (χ2v) is 5.52. The van der Waals surface area contributed by atoms with Crippen molar-refractivity contribution in [2.24, 2.45) is 5.92 Å². The molecular formula is C16H23N3O2. The second kappa shape index (κ2) is 8.28. The summed E-state index contributed by atoms with van der Waals surface area (Å²) >= 11 is 0. The maximum Gasteiger partial charge on any atom is 0.234 e. The first kappa shape index (κ1) is 17.0. The van der Waals surface area contributed by atoms with Crippen molar-refractivity contribution in [3.05, 3.63) is 29.3 Å². The minimum absolute atomic E-state index is 0.0141. The molecular weight excluding hydrogens is 266 g/mol. The third kappa shape index (κ3) is 5.84. The van der Waals surface area contributed by atoms with Crippen LogP contribution in [0.4, 0.5) is 0 Å². The number of likely N-dealkylation sites (N-methyl/N-ethyl adjacent to an activating group) is 1. The highest BCUT2D eigenvalue weighted by Gasteiger charge is 2.09. The highest BCUT2D eigenvalue weighted by atomic mass is 16.5. The molecule has 0 aliphatic heterocycles. The number of carbonyl (C=O) groups is 1. The molecule has 0 fully saturated rings. The molecule has 0 heterocycles. The van der Waals surface area contributed by atoms with Crippen LogP contribution in [0.25, 0.3) is 0 Å². The number of hydrogen-bond acceptors (Lipinski definition) is 4. The average molecular weight is 289 g/mol. The zero-order chi connectivity index (χ0) is 15.8. The van der Waals surface area contributed by atoms with Crippen molar-refractivity contribution in [3.8, 4) is 11.8 Å². The van der Waals surface area contributed by atoms with E-state index in [-0.39, 0.29) is 5.91 Å². The van der Waals surface area contributed by atoms with E-state index < -0.39 is 0 Å². The van der Waals surface area contributed by atoms with E-state index in [2.05, 4.69) is 25.2 Å². The minimum atomic E-state index is 0.0141. The number of amides is 1. The average Bonchev–Trinajstić information content (AvgIpc) is 2.44. The van der Waals surface area contributed by atoms with Gasteiger partial charge in [-0.3, -0.25) is 9.69 Å². The molecule has 0 radical (unpaired) electrons. The normalized spacial score (nSPS) is 10.5. The summed E-state index contributed by atoms with van der Waals surface area (Å²) in [6.45, 7) is 5.75. The Bertz CT molecular complexity index is 521. The van der Waals surface area contributed by atoms with Gasteiger partial charge in [-0.15, -0.1) is 0 Å². The number of benzene rings is 1. The lowest BCUT2D eigenvalue weighted by atomic mass is 10.1. The number of nitrogens with one attached hydrogen (secondary N) is 1. The van der Waals surface area contributed by atoms with Crippen LogP contribution in [0.3, 0.4) is 0 Å². The lowest BCUT2D eigenvalue weighted by molar-refractivity contribution is -0.122. The SMILES string of the molecule is COc1ccc(CN(C)CC(=O)NCC(C)C)cc1C#N. The topological polar surface area (TPSA) is 65.4 Å². The van der Waals surface area contributed by atoms with Crippen LogP contribution in [-0.4, -0.2) is 38.1 Å². The van der Waals surface area contributed by atoms with Crippen molar-refractivity contribution in [2.45, 2.75) is 20.4 Å². The molecule has 0 aromatic heterocycles. The Morgan fingerprint density at radius 3 is 2.76 bits per heavy atom. The predicted molar refractivity (Wildman–Crippen MR) is 81.9 cm³/mol. The fourth-order valence-corrected chi connectivity index (χ4v) is 1.93. The Morgan fingerprint density at radius 2 is 2.19 bits per heavy atom. The summed E-state index contributed by atoms with van der Waals surface area (Å²) in [5.41, 5.74) is 1.49. The Labute approximate surface area is 126 Å². The molecule has 0 saturated carbocycles. The highest BCUT2D eigenvalue weighted by Crippen LogP contribution is 2.19. The quantitative estimate of drug-likeness (QED) is 0.831. The van der Waals surface area contributed by atoms with Crippen molar-refractivity contribution >= 4 is 5.91 Å². The number of methoxy groups -OCH3 is 1. The van der Waals surface area contributed by atoms with Crippen LogP contribution >= 0.6 is 0 Å². The van der Waals surface area contributed by atoms with Gasteiger partial charge in [0.25, 0.3) is 0 Å². The van der Waals surface area contributed by atoms with Gasteiger partial charge in [-0.2, -0.15) is 5.26 Å². The maximum absolute atomic E-state index is 11.7. The van der Waals surface area contributed by atoms with Crippen molar-refractivity contribution in [3.63, 3.8) is 0 Å². The van der Waals surface area contributed by atoms with E-state index in [1.807, 2.05) is 18.0 Å². The van der Waals surface area contributed by atoms with E-state index in [9.17, 15) is 4.79 Å². The van der Waals surface area contributed by atoms with E-state index in [0.717, 1.165) is 5.56 Å². The van der Waals surface area contributed by atoms with Gasteiger partial charge in [-0.25, -0.2) is 0 Å². The number of carbonyl (C=O) groups excluding carboxylic acids is 1. The van der Waals surface area contributed by atoms with Crippen molar-refractivity contribution in [2.75, 3.05) is 27.2 Å². The number of nitriles is 1. The molecule has 1 aromatic rings. The van der Waals surface area contributed by atoms with E-state index in [4.69, 9.17) is 10.00 Å². The van der Waals surface area contributed by atoms with Crippen LogP contribution in [0.5, 0.6) is 5.75 Å². The van der Waals surface area contributed by atoms with Gasteiger partial charge in [0, 0.05) is 13.1 Å². The van der Waals surface area contributed by atoms with E-state index in [0.29, 0.717) is 36.9 Å². The van der Waals surface area contributed by atoms with Gasteiger partial charge in [0.1, 0.15) is 11.8 Å². The highest BCUT2D eigenvalue weighted by molar-refractivity contribution is 5.77. The molecule has 1 amide bonds. The van der Waals surface area contributed by atoms with Crippen LogP contribution < -0.4 is 10.1 Å². The summed E-state index contributed by atoms with van der Waals surface area (Å²) in [5, 5.41) is 12.0. The third-order valence-corrected chi connectivity index (χ3v) is 2.96. The monoisotopic (exact) mass is 289 g/mol. The molecule has 0 spiro atoms. The zero-order valence-corrected chi connectivity index (χ0v) is 13.1. The molecule has 0 aliphatic rings. The minimum Gasteiger partial charge on any atom is -0.495 e. The smallest absolute Gasteiger partial charge is 0.234 e. The number of rotatable bonds is 7. The molecule has 0 aliphatic carbocycles. The summed E-state index contributed by atoms with van der Waals surface area (Å²) < 4.78 is 5.11. The van der Waals surface area contributed by atoms with Crippen LogP contribution in [-0.2, 0) is 11.3 Å². The molecule has 0 saturated heterocycles. The summed E-state index contributed by atoms with van der Waals surface area (Å²) in [4.78, 5) is 13.7. The molecule has 114 valence electrons. The van der Waals surface area contributed by atoms with Crippen LogP contribution in [0, 0.1) is 17.2 Å². The van der Waals surface area contributed by atoms with Crippen LogP contribution in [0.15, 0.2) is 18.2 Å². The molecule has 5 heteroatoms. The van der Waals surface area contributed by atoms with Crippen molar-refractivity contribution in [1.82, 2.24) is 10.2 Å². The molecule has 1 aromatic carbocycles. The van der Waals surface area contributed by atoms with Gasteiger partial charge in [-0.1, -0.05) is 19.9 Å². The van der Waals surface area contributed by atoms with Gasteiger partial charge in [-0.05, 0) is 30.7 Å². The lowest BCUT2D eigenvalue weighted by Crippen LogP contribution is -2.36. The summed E-state index contributed by atoms with van der Waals surface area (Å²) in [6.07, 6.45) is 0. The predicted octanol–water partition coefficient (Wildman–Crippen LogP) is 1.77. The van der Waals surface area contributed by atoms with Gasteiger partial charge < -0.3 is 10.1 Å². The molecule has 0 bridgehead atoms. The number of hydrogen-bond donors (Lipinski definition) is 1. The van der Waals surface area contributed by atoms with E-state index >= 15 is 0 Å². The number of ether oxygens (including phenoxy) is 1. The Kier molecular flexibility index (Phi) is 6.70. The third-order valence-electron chi connectivity index (χ3n) is 2.96. The van der Waals surface area contributed by atoms with Gasteiger partial charge in [0.2, 0.25) is 5.91 Å². The number of nitrogens with zero attached hydrogens (tertiary/aromatic N) is 2. The van der Waals surface area contributed by atoms with Gasteiger partial charge in [0.05, 0.1) is 19.2 Å². The fraction of sp³-hybridized carbons (Fsp3) is 0.500. The molecule has 5 nitrogen and oxygen atoms in total. The second-order valence-electron chi connectivity index (χ2n) is 5.52. The lowest BCUT2D eigenvalue weighted by Gasteiger charge is -2.17. The summed E-state index contributed by atoms with van der Waals surface area (Å²) in [7, 11) is 3.42. The Hall–Kier alpha value is -2.06. The van der Waals surface area contributed by atoms with Gasteiger partial charge in [0.15, 0.2) is 0 Å². The zero-order valence-electron chi connectivity index (χ0n) is 13.1. The molecule has 1 N–H and O–H groups in total. The maximum atomic E-state index is 11.7. The molecule has 1 rings (SSSR count). The van der Waals surface area contributed by atoms with Gasteiger partial charge >= 0.3 is 0 Å². The Morgan fingerprint density at radius 1 is 1.48 bits per heavy atom. The largest absolute Gasteiger partial charge is 0.495 e. The fourth-order valence-electron chi connectivity index (χ4n) is 1.93. The van der Waals surface area contributed by atoms with E-state index in [1.54, 1.807) is 19.2 Å². The summed E-state index contributed by atoms with van der Waals surface area (Å²) in [5.74, 6) is 1.03. The molecule has 0 unspecified atom stereocenters. The summed E-state index contributed by atoms with van der Waals surface area (Å²) in [6, 6.07) is 7.59.